The second-order valence-corrected chi connectivity index (χ2v) is 3.11. The molecular formula is C11H16O. The van der Waals surface area contributed by atoms with Crippen molar-refractivity contribution in [2.45, 2.75) is 26.7 Å². The summed E-state index contributed by atoms with van der Waals surface area (Å²) in [5.74, 6) is 0.971. The Bertz CT molecular complexity index is 253. The van der Waals surface area contributed by atoms with Crippen LogP contribution >= 0.6 is 0 Å². The summed E-state index contributed by atoms with van der Waals surface area (Å²) >= 11 is 0. The first-order chi connectivity index (χ1) is 5.76. The van der Waals surface area contributed by atoms with Crippen LogP contribution in [0.5, 0.6) is 5.75 Å². The Labute approximate surface area is 74.4 Å². The molecule has 0 aliphatic rings. The van der Waals surface area contributed by atoms with Gasteiger partial charge in [0, 0.05) is 0 Å². The highest BCUT2D eigenvalue weighted by Crippen LogP contribution is 2.17. The summed E-state index contributed by atoms with van der Waals surface area (Å²) in [6.07, 6.45) is 2.32. The topological polar surface area (TPSA) is 9.23 Å². The molecule has 0 bridgehead atoms. The van der Waals surface area contributed by atoms with Crippen molar-refractivity contribution < 1.29 is 4.74 Å². The second kappa shape index (κ2) is 4.15. The lowest BCUT2D eigenvalue weighted by molar-refractivity contribution is 0.414. The van der Waals surface area contributed by atoms with E-state index >= 15 is 0 Å². The van der Waals surface area contributed by atoms with Crippen LogP contribution in [0.25, 0.3) is 0 Å². The molecule has 0 amide bonds. The molecule has 0 unspecified atom stereocenters. The maximum absolute atomic E-state index is 5.18. The lowest BCUT2D eigenvalue weighted by Gasteiger charge is -2.05. The van der Waals surface area contributed by atoms with Crippen LogP contribution in [0.1, 0.15) is 24.5 Å². The normalized spacial score (nSPS) is 9.92. The van der Waals surface area contributed by atoms with Gasteiger partial charge in [0.1, 0.15) is 5.75 Å². The minimum Gasteiger partial charge on any atom is -0.497 e. The Balaban J connectivity index is 2.90. The SMILES string of the molecule is CCCc1cc(C)cc(OC)c1. The molecule has 0 saturated heterocycles. The first-order valence-corrected chi connectivity index (χ1v) is 4.41. The summed E-state index contributed by atoms with van der Waals surface area (Å²) < 4.78 is 5.18. The molecule has 0 aliphatic heterocycles. The first-order valence-electron chi connectivity index (χ1n) is 4.41. The molecule has 0 aliphatic carbocycles. The Morgan fingerprint density at radius 1 is 1.25 bits per heavy atom. The number of hydrogen-bond donors (Lipinski definition) is 0. The largest absolute Gasteiger partial charge is 0.497 e. The predicted octanol–water partition coefficient (Wildman–Crippen LogP) is 2.96. The van der Waals surface area contributed by atoms with Gasteiger partial charge in [-0.25, -0.2) is 0 Å². The zero-order valence-corrected chi connectivity index (χ0v) is 8.05. The molecular weight excluding hydrogens is 148 g/mol. The van der Waals surface area contributed by atoms with Gasteiger partial charge in [-0.3, -0.25) is 0 Å². The number of methoxy groups -OCH3 is 1. The first kappa shape index (κ1) is 9.11. The number of rotatable bonds is 3. The lowest BCUT2D eigenvalue weighted by atomic mass is 10.1. The summed E-state index contributed by atoms with van der Waals surface area (Å²) in [5, 5.41) is 0. The third kappa shape index (κ3) is 2.26. The minimum atomic E-state index is 0.971. The van der Waals surface area contributed by atoms with E-state index in [0.717, 1.165) is 12.2 Å². The number of ether oxygens (including phenoxy) is 1. The third-order valence-corrected chi connectivity index (χ3v) is 1.89. The number of hydrogen-bond acceptors (Lipinski definition) is 1. The van der Waals surface area contributed by atoms with E-state index in [9.17, 15) is 0 Å². The van der Waals surface area contributed by atoms with E-state index in [2.05, 4.69) is 32.0 Å². The summed E-state index contributed by atoms with van der Waals surface area (Å²) in [5.41, 5.74) is 2.65. The van der Waals surface area contributed by atoms with Crippen molar-refractivity contribution in [2.75, 3.05) is 7.11 Å². The van der Waals surface area contributed by atoms with Gasteiger partial charge in [0.25, 0.3) is 0 Å². The van der Waals surface area contributed by atoms with Gasteiger partial charge in [0.15, 0.2) is 0 Å². The zero-order valence-electron chi connectivity index (χ0n) is 8.05. The Hall–Kier alpha value is -0.980. The number of benzene rings is 1. The van der Waals surface area contributed by atoms with Gasteiger partial charge in [-0.05, 0) is 36.6 Å². The maximum Gasteiger partial charge on any atom is 0.119 e. The molecule has 0 saturated carbocycles. The van der Waals surface area contributed by atoms with Crippen LogP contribution in [-0.4, -0.2) is 7.11 Å². The molecule has 0 radical (unpaired) electrons. The van der Waals surface area contributed by atoms with Gasteiger partial charge >= 0.3 is 0 Å². The third-order valence-electron chi connectivity index (χ3n) is 1.89. The molecule has 66 valence electrons. The highest BCUT2D eigenvalue weighted by Gasteiger charge is 1.96. The zero-order chi connectivity index (χ0) is 8.97. The van der Waals surface area contributed by atoms with E-state index in [1.54, 1.807) is 7.11 Å². The van der Waals surface area contributed by atoms with Crippen LogP contribution in [0.3, 0.4) is 0 Å². The molecule has 1 rings (SSSR count). The van der Waals surface area contributed by atoms with Crippen LogP contribution in [0, 0.1) is 6.92 Å². The molecule has 0 atom stereocenters. The molecule has 0 N–H and O–H groups in total. The van der Waals surface area contributed by atoms with Gasteiger partial charge in [0.2, 0.25) is 0 Å². The van der Waals surface area contributed by atoms with Gasteiger partial charge in [-0.1, -0.05) is 19.4 Å². The summed E-state index contributed by atoms with van der Waals surface area (Å²) in [6.45, 7) is 4.29. The number of aryl methyl sites for hydroxylation is 2. The molecule has 0 fully saturated rings. The fourth-order valence-electron chi connectivity index (χ4n) is 1.38. The fraction of sp³-hybridized carbons (Fsp3) is 0.455. The average Bonchev–Trinajstić information content (AvgIpc) is 2.04. The van der Waals surface area contributed by atoms with Crippen molar-refractivity contribution in [3.63, 3.8) is 0 Å². The molecule has 1 aromatic carbocycles. The Morgan fingerprint density at radius 3 is 2.58 bits per heavy atom. The van der Waals surface area contributed by atoms with Crippen LogP contribution < -0.4 is 4.74 Å². The molecule has 0 heterocycles. The van der Waals surface area contributed by atoms with Crippen LogP contribution in [0.2, 0.25) is 0 Å². The standard InChI is InChI=1S/C11H16O/c1-4-5-10-6-9(2)7-11(8-10)12-3/h6-8H,4-5H2,1-3H3. The van der Waals surface area contributed by atoms with Crippen molar-refractivity contribution in [2.24, 2.45) is 0 Å². The quantitative estimate of drug-likeness (QED) is 0.667. The molecule has 1 nitrogen and oxygen atoms in total. The lowest BCUT2D eigenvalue weighted by Crippen LogP contribution is -1.88. The Morgan fingerprint density at radius 2 is 2.00 bits per heavy atom. The van der Waals surface area contributed by atoms with E-state index in [1.165, 1.54) is 17.5 Å². The fourth-order valence-corrected chi connectivity index (χ4v) is 1.38. The van der Waals surface area contributed by atoms with Crippen molar-refractivity contribution in [1.82, 2.24) is 0 Å². The molecule has 0 spiro atoms. The van der Waals surface area contributed by atoms with E-state index in [-0.39, 0.29) is 0 Å². The smallest absolute Gasteiger partial charge is 0.119 e. The minimum absolute atomic E-state index is 0.971. The summed E-state index contributed by atoms with van der Waals surface area (Å²) in [4.78, 5) is 0. The van der Waals surface area contributed by atoms with Crippen molar-refractivity contribution >= 4 is 0 Å². The van der Waals surface area contributed by atoms with Crippen LogP contribution in [0.15, 0.2) is 18.2 Å². The molecule has 0 aromatic heterocycles. The van der Waals surface area contributed by atoms with E-state index in [1.807, 2.05) is 0 Å². The predicted molar refractivity (Wildman–Crippen MR) is 51.7 cm³/mol. The van der Waals surface area contributed by atoms with Crippen LogP contribution in [0.4, 0.5) is 0 Å². The van der Waals surface area contributed by atoms with Gasteiger partial charge < -0.3 is 4.74 Å². The van der Waals surface area contributed by atoms with Gasteiger partial charge in [-0.2, -0.15) is 0 Å². The van der Waals surface area contributed by atoms with Crippen molar-refractivity contribution in [3.8, 4) is 5.75 Å². The second-order valence-electron chi connectivity index (χ2n) is 3.11. The van der Waals surface area contributed by atoms with E-state index < -0.39 is 0 Å². The summed E-state index contributed by atoms with van der Waals surface area (Å²) in [7, 11) is 1.71. The van der Waals surface area contributed by atoms with Crippen molar-refractivity contribution in [3.05, 3.63) is 29.3 Å². The van der Waals surface area contributed by atoms with Crippen LogP contribution in [-0.2, 0) is 6.42 Å². The highest BCUT2D eigenvalue weighted by molar-refractivity contribution is 5.33. The van der Waals surface area contributed by atoms with Gasteiger partial charge in [0.05, 0.1) is 7.11 Å². The highest BCUT2D eigenvalue weighted by atomic mass is 16.5. The maximum atomic E-state index is 5.18. The average molecular weight is 164 g/mol. The summed E-state index contributed by atoms with van der Waals surface area (Å²) in [6, 6.07) is 6.38. The van der Waals surface area contributed by atoms with Crippen molar-refractivity contribution in [1.29, 1.82) is 0 Å². The molecule has 1 heteroatoms. The Kier molecular flexibility index (Phi) is 3.15. The van der Waals surface area contributed by atoms with E-state index in [0.29, 0.717) is 0 Å². The van der Waals surface area contributed by atoms with Gasteiger partial charge in [-0.15, -0.1) is 0 Å². The monoisotopic (exact) mass is 164 g/mol. The molecule has 1 aromatic rings. The van der Waals surface area contributed by atoms with E-state index in [4.69, 9.17) is 4.74 Å². The molecule has 12 heavy (non-hydrogen) atoms.